The predicted octanol–water partition coefficient (Wildman–Crippen LogP) is 4.50. The fourth-order valence-corrected chi connectivity index (χ4v) is 3.23. The lowest BCUT2D eigenvalue weighted by Gasteiger charge is -2.04. The second-order valence-corrected chi connectivity index (χ2v) is 6.33. The molecule has 0 amide bonds. The molecule has 3 nitrogen and oxygen atoms in total. The van der Waals surface area contributed by atoms with Crippen LogP contribution in [0.15, 0.2) is 40.8 Å². The molecule has 3 heterocycles. The summed E-state index contributed by atoms with van der Waals surface area (Å²) in [6, 6.07) is 12.3. The molecule has 0 aliphatic carbocycles. The molecule has 21 heavy (non-hydrogen) atoms. The number of hydrogen-bond acceptors (Lipinski definition) is 4. The topological polar surface area (TPSA) is 34.9 Å². The van der Waals surface area contributed by atoms with Gasteiger partial charge in [0.15, 0.2) is 0 Å². The number of fused-ring (bicyclic) bond motifs is 1. The van der Waals surface area contributed by atoms with Gasteiger partial charge < -0.3 is 13.9 Å². The monoisotopic (exact) mass is 300 g/mol. The molecule has 1 aliphatic rings. The highest BCUT2D eigenvalue weighted by Crippen LogP contribution is 2.36. The van der Waals surface area contributed by atoms with Crippen LogP contribution in [-0.2, 0) is 11.2 Å². The Bertz CT molecular complexity index is 767. The first-order valence-electron chi connectivity index (χ1n) is 7.19. The van der Waals surface area contributed by atoms with E-state index < -0.39 is 0 Å². The molecule has 4 rings (SSSR count). The third kappa shape index (κ3) is 2.57. The Labute approximate surface area is 127 Å². The van der Waals surface area contributed by atoms with E-state index in [1.807, 2.05) is 18.2 Å². The van der Waals surface area contributed by atoms with Crippen LogP contribution in [0.5, 0.6) is 5.75 Å². The van der Waals surface area contributed by atoms with Crippen molar-refractivity contribution in [3.63, 3.8) is 0 Å². The number of thiophene rings is 1. The fourth-order valence-electron chi connectivity index (χ4n) is 2.33. The van der Waals surface area contributed by atoms with E-state index in [-0.39, 0.29) is 6.10 Å². The summed E-state index contributed by atoms with van der Waals surface area (Å²) in [6.45, 7) is 3.58. The van der Waals surface area contributed by atoms with Gasteiger partial charge in [0, 0.05) is 4.88 Å². The molecule has 1 saturated heterocycles. The average Bonchev–Trinajstić information content (AvgIpc) is 3.03. The standard InChI is InChI=1S/C17H16O3S/c1-2-12-6-7-17(21-12)16-8-13-14(19-10-11-9-18-11)4-3-5-15(13)20-16/h3-8,11H,2,9-10H2,1H3. The van der Waals surface area contributed by atoms with Crippen LogP contribution in [0, 0.1) is 0 Å². The molecular weight excluding hydrogens is 284 g/mol. The largest absolute Gasteiger partial charge is 0.490 e. The van der Waals surface area contributed by atoms with Crippen LogP contribution < -0.4 is 4.74 Å². The van der Waals surface area contributed by atoms with E-state index in [1.165, 1.54) is 9.75 Å². The highest BCUT2D eigenvalue weighted by molar-refractivity contribution is 7.15. The molecule has 2 aromatic heterocycles. The van der Waals surface area contributed by atoms with E-state index in [2.05, 4.69) is 25.1 Å². The Hall–Kier alpha value is -1.78. The molecule has 0 bridgehead atoms. The average molecular weight is 300 g/mol. The van der Waals surface area contributed by atoms with E-state index in [1.54, 1.807) is 11.3 Å². The van der Waals surface area contributed by atoms with E-state index >= 15 is 0 Å². The zero-order valence-corrected chi connectivity index (χ0v) is 12.6. The Morgan fingerprint density at radius 2 is 2.19 bits per heavy atom. The van der Waals surface area contributed by atoms with Gasteiger partial charge in [-0.3, -0.25) is 0 Å². The van der Waals surface area contributed by atoms with Crippen LogP contribution >= 0.6 is 11.3 Å². The summed E-state index contributed by atoms with van der Waals surface area (Å²) in [7, 11) is 0. The lowest BCUT2D eigenvalue weighted by molar-refractivity contribution is 0.265. The number of aryl methyl sites for hydroxylation is 1. The second-order valence-electron chi connectivity index (χ2n) is 5.16. The highest BCUT2D eigenvalue weighted by Gasteiger charge is 2.23. The fraction of sp³-hybridized carbons (Fsp3) is 0.294. The Balaban J connectivity index is 1.69. The van der Waals surface area contributed by atoms with E-state index in [4.69, 9.17) is 13.9 Å². The first-order valence-corrected chi connectivity index (χ1v) is 8.01. The van der Waals surface area contributed by atoms with Gasteiger partial charge in [-0.25, -0.2) is 0 Å². The number of epoxide rings is 1. The van der Waals surface area contributed by atoms with Gasteiger partial charge in [-0.2, -0.15) is 0 Å². The first-order chi connectivity index (χ1) is 10.3. The molecule has 0 spiro atoms. The van der Waals surface area contributed by atoms with Crippen molar-refractivity contribution in [3.8, 4) is 16.4 Å². The summed E-state index contributed by atoms with van der Waals surface area (Å²) in [5.74, 6) is 1.78. The Kier molecular flexibility index (Phi) is 3.20. The molecule has 1 unspecified atom stereocenters. The number of furan rings is 1. The molecule has 0 radical (unpaired) electrons. The normalized spacial score (nSPS) is 17.3. The number of hydrogen-bond donors (Lipinski definition) is 0. The smallest absolute Gasteiger partial charge is 0.145 e. The van der Waals surface area contributed by atoms with Gasteiger partial charge in [0.2, 0.25) is 0 Å². The van der Waals surface area contributed by atoms with Crippen LogP contribution in [0.2, 0.25) is 0 Å². The zero-order valence-electron chi connectivity index (χ0n) is 11.8. The zero-order chi connectivity index (χ0) is 14.2. The Morgan fingerprint density at radius 3 is 2.95 bits per heavy atom. The van der Waals surface area contributed by atoms with Crippen LogP contribution in [0.4, 0.5) is 0 Å². The number of benzene rings is 1. The summed E-state index contributed by atoms with van der Waals surface area (Å²) in [5.41, 5.74) is 0.866. The van der Waals surface area contributed by atoms with E-state index in [0.29, 0.717) is 6.61 Å². The molecule has 1 fully saturated rings. The second kappa shape index (κ2) is 5.20. The maximum absolute atomic E-state index is 5.97. The maximum Gasteiger partial charge on any atom is 0.145 e. The van der Waals surface area contributed by atoms with Crippen LogP contribution in [0.1, 0.15) is 11.8 Å². The first kappa shape index (κ1) is 12.9. The van der Waals surface area contributed by atoms with Gasteiger partial charge >= 0.3 is 0 Å². The van der Waals surface area contributed by atoms with Crippen LogP contribution in [0.25, 0.3) is 21.6 Å². The molecule has 1 atom stereocenters. The van der Waals surface area contributed by atoms with Gasteiger partial charge in [-0.1, -0.05) is 13.0 Å². The van der Waals surface area contributed by atoms with E-state index in [9.17, 15) is 0 Å². The van der Waals surface area contributed by atoms with Crippen molar-refractivity contribution in [2.75, 3.05) is 13.2 Å². The highest BCUT2D eigenvalue weighted by atomic mass is 32.1. The van der Waals surface area contributed by atoms with Gasteiger partial charge in [-0.05, 0) is 36.8 Å². The molecule has 1 aromatic carbocycles. The summed E-state index contributed by atoms with van der Waals surface area (Å²) in [5, 5.41) is 1.03. The van der Waals surface area contributed by atoms with Crippen molar-refractivity contribution < 1.29 is 13.9 Å². The summed E-state index contributed by atoms with van der Waals surface area (Å²) >= 11 is 1.78. The molecule has 108 valence electrons. The lowest BCUT2D eigenvalue weighted by Crippen LogP contribution is -2.03. The molecular formula is C17H16O3S. The molecule has 4 heteroatoms. The SMILES string of the molecule is CCc1ccc(-c2cc3c(OCC4CO4)cccc3o2)s1. The Morgan fingerprint density at radius 1 is 1.29 bits per heavy atom. The van der Waals surface area contributed by atoms with Gasteiger partial charge in [0.25, 0.3) is 0 Å². The molecule has 0 N–H and O–H groups in total. The number of ether oxygens (including phenoxy) is 2. The van der Waals surface area contributed by atoms with Gasteiger partial charge in [0.1, 0.15) is 29.8 Å². The lowest BCUT2D eigenvalue weighted by atomic mass is 10.2. The van der Waals surface area contributed by atoms with Crippen molar-refractivity contribution in [2.24, 2.45) is 0 Å². The quantitative estimate of drug-likeness (QED) is 0.651. The minimum absolute atomic E-state index is 0.260. The third-order valence-electron chi connectivity index (χ3n) is 3.60. The summed E-state index contributed by atoms with van der Waals surface area (Å²) in [6.07, 6.45) is 1.32. The van der Waals surface area contributed by atoms with E-state index in [0.717, 1.165) is 35.5 Å². The maximum atomic E-state index is 5.97. The molecule has 0 saturated carbocycles. The summed E-state index contributed by atoms with van der Waals surface area (Å²) in [4.78, 5) is 2.53. The molecule has 1 aliphatic heterocycles. The summed E-state index contributed by atoms with van der Waals surface area (Å²) < 4.78 is 17.0. The van der Waals surface area contributed by atoms with Gasteiger partial charge in [0.05, 0.1) is 16.9 Å². The van der Waals surface area contributed by atoms with Crippen molar-refractivity contribution >= 4 is 22.3 Å². The van der Waals surface area contributed by atoms with Crippen molar-refractivity contribution in [3.05, 3.63) is 41.3 Å². The third-order valence-corrected chi connectivity index (χ3v) is 4.85. The molecule has 3 aromatic rings. The van der Waals surface area contributed by atoms with Crippen molar-refractivity contribution in [2.45, 2.75) is 19.4 Å². The minimum atomic E-state index is 0.260. The van der Waals surface area contributed by atoms with Crippen molar-refractivity contribution in [1.29, 1.82) is 0 Å². The van der Waals surface area contributed by atoms with Crippen molar-refractivity contribution in [1.82, 2.24) is 0 Å². The van der Waals surface area contributed by atoms with Gasteiger partial charge in [-0.15, -0.1) is 11.3 Å². The number of rotatable bonds is 5. The van der Waals surface area contributed by atoms with Crippen LogP contribution in [-0.4, -0.2) is 19.3 Å². The predicted molar refractivity (Wildman–Crippen MR) is 84.1 cm³/mol. The minimum Gasteiger partial charge on any atom is -0.490 e. The van der Waals surface area contributed by atoms with Crippen LogP contribution in [0.3, 0.4) is 0 Å².